The minimum absolute atomic E-state index is 0.222. The fourth-order valence-corrected chi connectivity index (χ4v) is 5.80. The van der Waals surface area contributed by atoms with Crippen LogP contribution in [0.15, 0.2) is 24.3 Å². The predicted octanol–water partition coefficient (Wildman–Crippen LogP) is 3.19. The van der Waals surface area contributed by atoms with Crippen LogP contribution >= 0.6 is 0 Å². The summed E-state index contributed by atoms with van der Waals surface area (Å²) in [5.41, 5.74) is 3.75. The Labute approximate surface area is 142 Å². The average molecular weight is 333 g/mol. The van der Waals surface area contributed by atoms with Gasteiger partial charge in [0.15, 0.2) is 0 Å². The molecule has 3 aliphatic rings. The molecule has 126 valence electrons. The number of hydrogen-bond acceptors (Lipinski definition) is 3. The quantitative estimate of drug-likeness (QED) is 0.818. The molecule has 1 aromatic carbocycles. The summed E-state index contributed by atoms with van der Waals surface area (Å²) in [6, 6.07) is 9.11. The molecule has 1 aliphatic heterocycles. The SMILES string of the molecule is CC(C)(C)[S+]([O-])N[C@@H]1C[C@]2(CC23CCNCC3)c2ccccc21. The van der Waals surface area contributed by atoms with Crippen molar-refractivity contribution in [2.45, 2.75) is 62.7 Å². The number of hydrogen-bond donors (Lipinski definition) is 2. The molecule has 1 saturated heterocycles. The highest BCUT2D eigenvalue weighted by molar-refractivity contribution is 7.90. The maximum absolute atomic E-state index is 12.6. The molecule has 0 radical (unpaired) electrons. The summed E-state index contributed by atoms with van der Waals surface area (Å²) in [7, 11) is 0. The van der Waals surface area contributed by atoms with Crippen LogP contribution in [0.25, 0.3) is 0 Å². The Morgan fingerprint density at radius 2 is 1.91 bits per heavy atom. The van der Waals surface area contributed by atoms with Crippen molar-refractivity contribution in [3.05, 3.63) is 35.4 Å². The largest absolute Gasteiger partial charge is 0.598 e. The van der Waals surface area contributed by atoms with Crippen LogP contribution in [0.4, 0.5) is 0 Å². The molecule has 1 unspecified atom stereocenters. The van der Waals surface area contributed by atoms with E-state index in [-0.39, 0.29) is 10.8 Å². The van der Waals surface area contributed by atoms with Gasteiger partial charge in [-0.3, -0.25) is 0 Å². The summed E-state index contributed by atoms with van der Waals surface area (Å²) in [5, 5.41) is 3.51. The molecule has 2 spiro atoms. The van der Waals surface area contributed by atoms with Gasteiger partial charge in [0.25, 0.3) is 0 Å². The molecule has 3 nitrogen and oxygen atoms in total. The Kier molecular flexibility index (Phi) is 3.62. The van der Waals surface area contributed by atoms with Gasteiger partial charge in [-0.05, 0) is 76.1 Å². The molecule has 2 fully saturated rings. The monoisotopic (exact) mass is 332 g/mol. The first kappa shape index (κ1) is 15.9. The van der Waals surface area contributed by atoms with Crippen LogP contribution < -0.4 is 10.0 Å². The van der Waals surface area contributed by atoms with Gasteiger partial charge in [-0.2, -0.15) is 0 Å². The first-order chi connectivity index (χ1) is 10.9. The first-order valence-electron chi connectivity index (χ1n) is 8.86. The summed E-state index contributed by atoms with van der Waals surface area (Å²) in [5.74, 6) is 0. The molecule has 1 aromatic rings. The van der Waals surface area contributed by atoms with Crippen molar-refractivity contribution in [2.24, 2.45) is 5.41 Å². The van der Waals surface area contributed by atoms with Crippen molar-refractivity contribution >= 4 is 11.4 Å². The van der Waals surface area contributed by atoms with Gasteiger partial charge in [0.1, 0.15) is 4.75 Å². The Morgan fingerprint density at radius 1 is 1.22 bits per heavy atom. The van der Waals surface area contributed by atoms with Gasteiger partial charge in [0.05, 0.1) is 6.04 Å². The Morgan fingerprint density at radius 3 is 2.61 bits per heavy atom. The molecule has 3 atom stereocenters. The highest BCUT2D eigenvalue weighted by Gasteiger charge is 2.70. The zero-order chi connectivity index (χ0) is 16.3. The van der Waals surface area contributed by atoms with Crippen molar-refractivity contribution in [2.75, 3.05) is 13.1 Å². The van der Waals surface area contributed by atoms with Gasteiger partial charge in [-0.15, -0.1) is 4.72 Å². The van der Waals surface area contributed by atoms with Crippen LogP contribution in [0.2, 0.25) is 0 Å². The Balaban J connectivity index is 1.63. The van der Waals surface area contributed by atoms with E-state index in [0.29, 0.717) is 10.8 Å². The van der Waals surface area contributed by atoms with Crippen LogP contribution in [0.3, 0.4) is 0 Å². The molecule has 1 saturated carbocycles. The van der Waals surface area contributed by atoms with Gasteiger partial charge < -0.3 is 9.87 Å². The summed E-state index contributed by atoms with van der Waals surface area (Å²) in [6.45, 7) is 8.42. The minimum Gasteiger partial charge on any atom is -0.598 e. The summed E-state index contributed by atoms with van der Waals surface area (Å²) >= 11 is -1.02. The summed E-state index contributed by atoms with van der Waals surface area (Å²) in [4.78, 5) is 0. The number of nitrogens with one attached hydrogen (secondary N) is 2. The van der Waals surface area contributed by atoms with Gasteiger partial charge in [-0.1, -0.05) is 24.3 Å². The van der Waals surface area contributed by atoms with Crippen molar-refractivity contribution in [1.29, 1.82) is 0 Å². The van der Waals surface area contributed by atoms with E-state index in [0.717, 1.165) is 19.5 Å². The summed E-state index contributed by atoms with van der Waals surface area (Å²) in [6.07, 6.45) is 5.01. The third kappa shape index (κ3) is 2.38. The topological polar surface area (TPSA) is 47.1 Å². The van der Waals surface area contributed by atoms with Crippen molar-refractivity contribution in [3.63, 3.8) is 0 Å². The van der Waals surface area contributed by atoms with Crippen molar-refractivity contribution in [3.8, 4) is 0 Å². The van der Waals surface area contributed by atoms with Crippen LogP contribution in [0.1, 0.15) is 63.6 Å². The lowest BCUT2D eigenvalue weighted by atomic mass is 9.81. The van der Waals surface area contributed by atoms with Crippen molar-refractivity contribution < 1.29 is 4.55 Å². The van der Waals surface area contributed by atoms with Crippen molar-refractivity contribution in [1.82, 2.24) is 10.0 Å². The van der Waals surface area contributed by atoms with Gasteiger partial charge >= 0.3 is 0 Å². The molecule has 2 aliphatic carbocycles. The van der Waals surface area contributed by atoms with E-state index in [1.807, 2.05) is 20.8 Å². The normalized spacial score (nSPS) is 33.0. The lowest BCUT2D eigenvalue weighted by Gasteiger charge is -2.29. The lowest BCUT2D eigenvalue weighted by molar-refractivity contribution is 0.296. The number of rotatable bonds is 2. The Bertz CT molecular complexity index is 606. The maximum Gasteiger partial charge on any atom is 0.136 e. The number of fused-ring (bicyclic) bond motifs is 3. The molecule has 23 heavy (non-hydrogen) atoms. The first-order valence-corrected chi connectivity index (χ1v) is 10.0. The van der Waals surface area contributed by atoms with Crippen LogP contribution in [0.5, 0.6) is 0 Å². The number of piperidine rings is 1. The molecule has 0 bridgehead atoms. The minimum atomic E-state index is -1.02. The van der Waals surface area contributed by atoms with Crippen LogP contribution in [0, 0.1) is 5.41 Å². The molecular formula is C19H28N2OS. The van der Waals surface area contributed by atoms with Gasteiger partial charge in [0.2, 0.25) is 0 Å². The van der Waals surface area contributed by atoms with E-state index in [1.165, 1.54) is 30.4 Å². The van der Waals surface area contributed by atoms with E-state index in [4.69, 9.17) is 0 Å². The third-order valence-corrected chi connectivity index (χ3v) is 7.91. The van der Waals surface area contributed by atoms with E-state index < -0.39 is 11.4 Å². The second-order valence-electron chi connectivity index (χ2n) is 8.63. The van der Waals surface area contributed by atoms with Crippen LogP contribution in [-0.2, 0) is 16.8 Å². The maximum atomic E-state index is 12.6. The fourth-order valence-electron chi connectivity index (χ4n) is 4.98. The van der Waals surface area contributed by atoms with E-state index >= 15 is 0 Å². The average Bonchev–Trinajstić information content (AvgIpc) is 2.99. The highest BCUT2D eigenvalue weighted by Crippen LogP contribution is 2.75. The fraction of sp³-hybridized carbons (Fsp3) is 0.684. The molecule has 2 N–H and O–H groups in total. The van der Waals surface area contributed by atoms with Crippen LogP contribution in [-0.4, -0.2) is 22.4 Å². The molecule has 4 heteroatoms. The molecule has 4 rings (SSSR count). The second-order valence-corrected chi connectivity index (χ2v) is 10.6. The zero-order valence-electron chi connectivity index (χ0n) is 14.4. The molecule has 0 amide bonds. The lowest BCUT2D eigenvalue weighted by Crippen LogP contribution is -2.41. The standard InChI is InChI=1S/C19H28N2OS/c1-17(2,3)23(22)21-16-12-19(15-7-5-4-6-14(15)16)13-18(19)8-10-20-11-9-18/h4-7,16,20-21H,8-13H2,1-3H3/t16-,19+,23?/m1/s1. The van der Waals surface area contributed by atoms with E-state index in [9.17, 15) is 4.55 Å². The smallest absolute Gasteiger partial charge is 0.136 e. The summed E-state index contributed by atoms with van der Waals surface area (Å²) < 4.78 is 15.8. The zero-order valence-corrected chi connectivity index (χ0v) is 15.3. The third-order valence-electron chi connectivity index (χ3n) is 6.30. The van der Waals surface area contributed by atoms with E-state index in [2.05, 4.69) is 34.3 Å². The van der Waals surface area contributed by atoms with Gasteiger partial charge in [-0.25, -0.2) is 0 Å². The molecular weight excluding hydrogens is 304 g/mol. The molecule has 1 heterocycles. The highest BCUT2D eigenvalue weighted by atomic mass is 32.2. The Hall–Kier alpha value is -0.550. The second kappa shape index (κ2) is 5.22. The van der Waals surface area contributed by atoms with E-state index in [1.54, 1.807) is 0 Å². The van der Waals surface area contributed by atoms with Gasteiger partial charge in [0, 0.05) is 16.8 Å². The molecule has 0 aromatic heterocycles. The number of benzene rings is 1. The predicted molar refractivity (Wildman–Crippen MR) is 95.7 cm³/mol.